The summed E-state index contributed by atoms with van der Waals surface area (Å²) in [5, 5.41) is 4.22. The summed E-state index contributed by atoms with van der Waals surface area (Å²) in [6, 6.07) is 14.8. The van der Waals surface area contributed by atoms with Gasteiger partial charge in [0, 0.05) is 19.0 Å². The number of nitrogens with one attached hydrogen (secondary N) is 1. The van der Waals surface area contributed by atoms with Gasteiger partial charge in [-0.3, -0.25) is 0 Å². The molecule has 0 aromatic heterocycles. The molecule has 1 N–H and O–H groups in total. The quantitative estimate of drug-likeness (QED) is 0.858. The number of hydrogen-bond acceptors (Lipinski definition) is 3. The maximum atomic E-state index is 6.35. The molecule has 0 fully saturated rings. The van der Waals surface area contributed by atoms with Gasteiger partial charge in [-0.25, -0.2) is 0 Å². The van der Waals surface area contributed by atoms with Gasteiger partial charge in [0.05, 0.1) is 18.2 Å². The molecule has 2 aromatic carbocycles. The van der Waals surface area contributed by atoms with Gasteiger partial charge in [0.2, 0.25) is 0 Å². The Morgan fingerprint density at radius 3 is 2.70 bits per heavy atom. The van der Waals surface area contributed by atoms with Crippen LogP contribution < -0.4 is 14.8 Å². The van der Waals surface area contributed by atoms with Gasteiger partial charge in [0.25, 0.3) is 0 Å². The van der Waals surface area contributed by atoms with E-state index in [4.69, 9.17) is 21.1 Å². The highest BCUT2D eigenvalue weighted by Crippen LogP contribution is 2.38. The largest absolute Gasteiger partial charge is 0.489 e. The Kier molecular flexibility index (Phi) is 5.42. The SMILES string of the molecule is CCC(NCc1cc(Cl)c2c(c1)OCCCO2)c1ccccc1. The molecule has 1 aliphatic heterocycles. The molecule has 0 saturated carbocycles. The van der Waals surface area contributed by atoms with Crippen molar-refractivity contribution in [3.8, 4) is 11.5 Å². The van der Waals surface area contributed by atoms with Crippen molar-refractivity contribution < 1.29 is 9.47 Å². The summed E-state index contributed by atoms with van der Waals surface area (Å²) in [7, 11) is 0. The first-order chi connectivity index (χ1) is 11.3. The summed E-state index contributed by atoms with van der Waals surface area (Å²) >= 11 is 6.35. The smallest absolute Gasteiger partial charge is 0.179 e. The van der Waals surface area contributed by atoms with E-state index in [0.29, 0.717) is 30.0 Å². The second kappa shape index (κ2) is 7.71. The summed E-state index contributed by atoms with van der Waals surface area (Å²) in [5.74, 6) is 1.42. The normalized spacial score (nSPS) is 15.0. The summed E-state index contributed by atoms with van der Waals surface area (Å²) in [6.07, 6.45) is 1.91. The second-order valence-corrected chi connectivity index (χ2v) is 6.11. The fraction of sp³-hybridized carbons (Fsp3) is 0.368. The van der Waals surface area contributed by atoms with E-state index in [-0.39, 0.29) is 0 Å². The Balaban J connectivity index is 1.73. The Morgan fingerprint density at radius 2 is 1.91 bits per heavy atom. The van der Waals surface area contributed by atoms with E-state index in [0.717, 1.165) is 30.7 Å². The fourth-order valence-electron chi connectivity index (χ4n) is 2.81. The number of rotatable bonds is 5. The van der Waals surface area contributed by atoms with Crippen LogP contribution in [0.2, 0.25) is 5.02 Å². The minimum absolute atomic E-state index is 0.325. The molecule has 1 heterocycles. The van der Waals surface area contributed by atoms with E-state index in [1.165, 1.54) is 5.56 Å². The lowest BCUT2D eigenvalue weighted by molar-refractivity contribution is 0.297. The highest BCUT2D eigenvalue weighted by atomic mass is 35.5. The molecule has 0 radical (unpaired) electrons. The predicted molar refractivity (Wildman–Crippen MR) is 93.4 cm³/mol. The van der Waals surface area contributed by atoms with Crippen molar-refractivity contribution in [2.24, 2.45) is 0 Å². The van der Waals surface area contributed by atoms with Crippen LogP contribution in [-0.4, -0.2) is 13.2 Å². The van der Waals surface area contributed by atoms with E-state index in [9.17, 15) is 0 Å². The summed E-state index contributed by atoms with van der Waals surface area (Å²) in [5.41, 5.74) is 2.41. The van der Waals surface area contributed by atoms with Crippen molar-refractivity contribution in [1.82, 2.24) is 5.32 Å². The first-order valence-electron chi connectivity index (χ1n) is 8.14. The number of benzene rings is 2. The molecule has 0 bridgehead atoms. The molecule has 3 nitrogen and oxygen atoms in total. The lowest BCUT2D eigenvalue weighted by Gasteiger charge is -2.18. The van der Waals surface area contributed by atoms with Crippen molar-refractivity contribution >= 4 is 11.6 Å². The fourth-order valence-corrected chi connectivity index (χ4v) is 3.10. The predicted octanol–water partition coefficient (Wildman–Crippen LogP) is 4.74. The third-order valence-electron chi connectivity index (χ3n) is 4.02. The Morgan fingerprint density at radius 1 is 1.13 bits per heavy atom. The maximum absolute atomic E-state index is 6.35. The van der Waals surface area contributed by atoms with Crippen molar-refractivity contribution in [3.63, 3.8) is 0 Å². The zero-order valence-electron chi connectivity index (χ0n) is 13.3. The molecule has 122 valence electrons. The lowest BCUT2D eigenvalue weighted by Crippen LogP contribution is -2.20. The standard InChI is InChI=1S/C19H22ClNO2/c1-2-17(15-7-4-3-5-8-15)21-13-14-11-16(20)19-18(12-14)22-9-6-10-23-19/h3-5,7-8,11-12,17,21H,2,6,9-10,13H2,1H3. The van der Waals surface area contributed by atoms with Crippen LogP contribution in [0.5, 0.6) is 11.5 Å². The summed E-state index contributed by atoms with van der Waals surface area (Å²) in [6.45, 7) is 4.24. The van der Waals surface area contributed by atoms with E-state index >= 15 is 0 Å². The van der Waals surface area contributed by atoms with Gasteiger partial charge in [-0.1, -0.05) is 48.9 Å². The molecular weight excluding hydrogens is 310 g/mol. The molecule has 1 atom stereocenters. The summed E-state index contributed by atoms with van der Waals surface area (Å²) in [4.78, 5) is 0. The van der Waals surface area contributed by atoms with E-state index in [1.54, 1.807) is 0 Å². The average Bonchev–Trinajstić information content (AvgIpc) is 2.82. The van der Waals surface area contributed by atoms with Gasteiger partial charge in [0.1, 0.15) is 0 Å². The number of halogens is 1. The van der Waals surface area contributed by atoms with Gasteiger partial charge in [-0.2, -0.15) is 0 Å². The monoisotopic (exact) mass is 331 g/mol. The molecule has 1 unspecified atom stereocenters. The van der Waals surface area contributed by atoms with Crippen molar-refractivity contribution in [3.05, 3.63) is 58.6 Å². The van der Waals surface area contributed by atoms with Gasteiger partial charge < -0.3 is 14.8 Å². The maximum Gasteiger partial charge on any atom is 0.179 e. The first kappa shape index (κ1) is 16.2. The first-order valence-corrected chi connectivity index (χ1v) is 8.52. The molecule has 3 rings (SSSR count). The molecular formula is C19H22ClNO2. The lowest BCUT2D eigenvalue weighted by atomic mass is 10.0. The van der Waals surface area contributed by atoms with Gasteiger partial charge in [-0.05, 0) is 29.7 Å². The third-order valence-corrected chi connectivity index (χ3v) is 4.31. The Labute approximate surface area is 142 Å². The second-order valence-electron chi connectivity index (χ2n) is 5.71. The number of ether oxygens (including phenoxy) is 2. The molecule has 0 saturated heterocycles. The van der Waals surface area contributed by atoms with Crippen LogP contribution in [0.15, 0.2) is 42.5 Å². The molecule has 0 aliphatic carbocycles. The van der Waals surface area contributed by atoms with Crippen LogP contribution in [0.3, 0.4) is 0 Å². The van der Waals surface area contributed by atoms with Crippen LogP contribution in [0.25, 0.3) is 0 Å². The minimum Gasteiger partial charge on any atom is -0.489 e. The molecule has 2 aromatic rings. The Bertz CT molecular complexity index is 645. The van der Waals surface area contributed by atoms with Crippen LogP contribution in [-0.2, 0) is 6.54 Å². The van der Waals surface area contributed by atoms with Crippen molar-refractivity contribution in [1.29, 1.82) is 0 Å². The molecule has 0 amide bonds. The van der Waals surface area contributed by atoms with Crippen LogP contribution in [0, 0.1) is 0 Å². The molecule has 1 aliphatic rings. The average molecular weight is 332 g/mol. The van der Waals surface area contributed by atoms with E-state index in [2.05, 4.69) is 36.5 Å². The van der Waals surface area contributed by atoms with Crippen LogP contribution in [0.4, 0.5) is 0 Å². The number of hydrogen-bond donors (Lipinski definition) is 1. The van der Waals surface area contributed by atoms with Crippen molar-refractivity contribution in [2.75, 3.05) is 13.2 Å². The summed E-state index contributed by atoms with van der Waals surface area (Å²) < 4.78 is 11.4. The third kappa shape index (κ3) is 3.98. The highest BCUT2D eigenvalue weighted by molar-refractivity contribution is 6.32. The minimum atomic E-state index is 0.325. The Hall–Kier alpha value is -1.71. The van der Waals surface area contributed by atoms with Crippen molar-refractivity contribution in [2.45, 2.75) is 32.4 Å². The van der Waals surface area contributed by atoms with Crippen LogP contribution >= 0.6 is 11.6 Å². The van der Waals surface area contributed by atoms with Gasteiger partial charge in [0.15, 0.2) is 11.5 Å². The molecule has 4 heteroatoms. The molecule has 23 heavy (non-hydrogen) atoms. The van der Waals surface area contributed by atoms with Gasteiger partial charge in [-0.15, -0.1) is 0 Å². The highest BCUT2D eigenvalue weighted by Gasteiger charge is 2.16. The van der Waals surface area contributed by atoms with E-state index in [1.807, 2.05) is 18.2 Å². The topological polar surface area (TPSA) is 30.5 Å². The zero-order valence-corrected chi connectivity index (χ0v) is 14.1. The van der Waals surface area contributed by atoms with E-state index < -0.39 is 0 Å². The number of fused-ring (bicyclic) bond motifs is 1. The zero-order chi connectivity index (χ0) is 16.1. The van der Waals surface area contributed by atoms with Gasteiger partial charge >= 0.3 is 0 Å². The molecule has 0 spiro atoms. The van der Waals surface area contributed by atoms with Crippen LogP contribution in [0.1, 0.15) is 36.9 Å².